The van der Waals surface area contributed by atoms with Crippen LogP contribution >= 0.6 is 0 Å². The number of nitrogens with one attached hydrogen (secondary N) is 2. The Morgan fingerprint density at radius 2 is 2.13 bits per heavy atom. The maximum absolute atomic E-state index is 12.1. The quantitative estimate of drug-likeness (QED) is 0.747. The van der Waals surface area contributed by atoms with E-state index in [9.17, 15) is 9.59 Å². The SMILES string of the molecule is COCCCNC(=O)c1ccnc(C(=O)Nc2cc(C)on2)c1. The van der Waals surface area contributed by atoms with E-state index in [0.717, 1.165) is 0 Å². The summed E-state index contributed by atoms with van der Waals surface area (Å²) in [6.45, 7) is 2.78. The van der Waals surface area contributed by atoms with Crippen LogP contribution in [0.3, 0.4) is 0 Å². The van der Waals surface area contributed by atoms with Crippen LogP contribution < -0.4 is 10.6 Å². The van der Waals surface area contributed by atoms with Gasteiger partial charge in [0.05, 0.1) is 0 Å². The summed E-state index contributed by atoms with van der Waals surface area (Å²) in [6.07, 6.45) is 2.12. The number of pyridine rings is 1. The molecular weight excluding hydrogens is 300 g/mol. The lowest BCUT2D eigenvalue weighted by atomic mass is 10.2. The van der Waals surface area contributed by atoms with E-state index in [4.69, 9.17) is 9.26 Å². The van der Waals surface area contributed by atoms with Crippen LogP contribution in [0.5, 0.6) is 0 Å². The fraction of sp³-hybridized carbons (Fsp3) is 0.333. The Kier molecular flexibility index (Phi) is 5.81. The number of anilines is 1. The first-order valence-electron chi connectivity index (χ1n) is 7.08. The minimum absolute atomic E-state index is 0.121. The van der Waals surface area contributed by atoms with E-state index in [0.29, 0.717) is 36.7 Å². The smallest absolute Gasteiger partial charge is 0.275 e. The van der Waals surface area contributed by atoms with E-state index in [-0.39, 0.29) is 11.6 Å². The third-order valence-corrected chi connectivity index (χ3v) is 2.94. The molecule has 2 rings (SSSR count). The maximum atomic E-state index is 12.1. The molecule has 2 heterocycles. The Bertz CT molecular complexity index is 684. The van der Waals surface area contributed by atoms with Crippen molar-refractivity contribution >= 4 is 17.6 Å². The minimum Gasteiger partial charge on any atom is -0.385 e. The fourth-order valence-corrected chi connectivity index (χ4v) is 1.82. The summed E-state index contributed by atoms with van der Waals surface area (Å²) in [6, 6.07) is 4.56. The van der Waals surface area contributed by atoms with Gasteiger partial charge in [-0.25, -0.2) is 0 Å². The van der Waals surface area contributed by atoms with Crippen LogP contribution in [0.2, 0.25) is 0 Å². The third kappa shape index (κ3) is 4.89. The van der Waals surface area contributed by atoms with Crippen LogP contribution in [0.15, 0.2) is 28.9 Å². The predicted molar refractivity (Wildman–Crippen MR) is 82.3 cm³/mol. The molecule has 0 radical (unpaired) electrons. The van der Waals surface area contributed by atoms with Crippen LogP contribution in [-0.2, 0) is 4.74 Å². The van der Waals surface area contributed by atoms with Crippen molar-refractivity contribution in [3.8, 4) is 0 Å². The van der Waals surface area contributed by atoms with Crippen molar-refractivity contribution in [2.45, 2.75) is 13.3 Å². The van der Waals surface area contributed by atoms with E-state index in [1.54, 1.807) is 26.2 Å². The Morgan fingerprint density at radius 1 is 1.30 bits per heavy atom. The third-order valence-electron chi connectivity index (χ3n) is 2.94. The number of rotatable bonds is 7. The Morgan fingerprint density at radius 3 is 2.83 bits per heavy atom. The molecule has 2 amide bonds. The number of nitrogens with zero attached hydrogens (tertiary/aromatic N) is 2. The standard InChI is InChI=1S/C15H18N4O4/c1-10-8-13(19-23-10)18-15(21)12-9-11(4-6-16-12)14(20)17-5-3-7-22-2/h4,6,8-9H,3,5,7H2,1-2H3,(H,17,20)(H,18,19,21). The van der Waals surface area contributed by atoms with Crippen molar-refractivity contribution < 1.29 is 18.8 Å². The molecule has 8 heteroatoms. The average molecular weight is 318 g/mol. The Labute approximate surface area is 133 Å². The van der Waals surface area contributed by atoms with Crippen molar-refractivity contribution in [3.63, 3.8) is 0 Å². The van der Waals surface area contributed by atoms with Crippen LogP contribution in [0.25, 0.3) is 0 Å². The molecule has 23 heavy (non-hydrogen) atoms. The number of carbonyl (C=O) groups excluding carboxylic acids is 2. The van der Waals surface area contributed by atoms with Gasteiger partial charge in [0.2, 0.25) is 0 Å². The van der Waals surface area contributed by atoms with Crippen LogP contribution in [0, 0.1) is 6.92 Å². The van der Waals surface area contributed by atoms with Crippen LogP contribution in [-0.4, -0.2) is 42.2 Å². The summed E-state index contributed by atoms with van der Waals surface area (Å²) in [5.74, 6) is 0.142. The number of methoxy groups -OCH3 is 1. The van der Waals surface area contributed by atoms with E-state index in [2.05, 4.69) is 20.8 Å². The van der Waals surface area contributed by atoms with Gasteiger partial charge in [-0.2, -0.15) is 0 Å². The molecule has 8 nitrogen and oxygen atoms in total. The highest BCUT2D eigenvalue weighted by Crippen LogP contribution is 2.09. The molecule has 2 aromatic heterocycles. The van der Waals surface area contributed by atoms with Gasteiger partial charge in [-0.15, -0.1) is 0 Å². The topological polar surface area (TPSA) is 106 Å². The molecule has 0 spiro atoms. The highest BCUT2D eigenvalue weighted by molar-refractivity contribution is 6.04. The molecule has 2 aromatic rings. The molecule has 0 aliphatic rings. The van der Waals surface area contributed by atoms with E-state index >= 15 is 0 Å². The number of hydrogen-bond donors (Lipinski definition) is 2. The highest BCUT2D eigenvalue weighted by atomic mass is 16.5. The van der Waals surface area contributed by atoms with Crippen molar-refractivity contribution in [3.05, 3.63) is 41.4 Å². The average Bonchev–Trinajstić information content (AvgIpc) is 2.96. The summed E-state index contributed by atoms with van der Waals surface area (Å²) in [7, 11) is 1.60. The highest BCUT2D eigenvalue weighted by Gasteiger charge is 2.13. The molecule has 0 atom stereocenters. The van der Waals surface area contributed by atoms with Gasteiger partial charge in [-0.3, -0.25) is 14.6 Å². The van der Waals surface area contributed by atoms with Gasteiger partial charge in [0.1, 0.15) is 11.5 Å². The predicted octanol–water partition coefficient (Wildman–Crippen LogP) is 1.40. The van der Waals surface area contributed by atoms with Crippen molar-refractivity contribution in [2.75, 3.05) is 25.6 Å². The first-order valence-corrected chi connectivity index (χ1v) is 7.08. The Hall–Kier alpha value is -2.74. The fourth-order valence-electron chi connectivity index (χ4n) is 1.82. The zero-order valence-electron chi connectivity index (χ0n) is 13.0. The zero-order valence-corrected chi connectivity index (χ0v) is 13.0. The molecule has 0 aliphatic carbocycles. The number of hydrogen-bond acceptors (Lipinski definition) is 6. The summed E-state index contributed by atoms with van der Waals surface area (Å²) in [4.78, 5) is 28.1. The lowest BCUT2D eigenvalue weighted by Crippen LogP contribution is -2.25. The summed E-state index contributed by atoms with van der Waals surface area (Å²) in [5.41, 5.74) is 0.481. The summed E-state index contributed by atoms with van der Waals surface area (Å²) < 4.78 is 9.78. The second-order valence-electron chi connectivity index (χ2n) is 4.81. The molecule has 0 saturated carbocycles. The second-order valence-corrected chi connectivity index (χ2v) is 4.81. The van der Waals surface area contributed by atoms with Gasteiger partial charge in [0, 0.05) is 38.1 Å². The van der Waals surface area contributed by atoms with Crippen LogP contribution in [0.1, 0.15) is 33.0 Å². The number of aryl methyl sites for hydroxylation is 1. The number of ether oxygens (including phenoxy) is 1. The number of carbonyl (C=O) groups is 2. The molecule has 0 aliphatic heterocycles. The molecule has 0 bridgehead atoms. The molecule has 0 fully saturated rings. The first-order chi connectivity index (χ1) is 11.1. The van der Waals surface area contributed by atoms with Gasteiger partial charge >= 0.3 is 0 Å². The molecule has 0 saturated heterocycles. The molecular formula is C15H18N4O4. The summed E-state index contributed by atoms with van der Waals surface area (Å²) >= 11 is 0. The van der Waals surface area contributed by atoms with Gasteiger partial charge in [0.25, 0.3) is 11.8 Å². The number of amides is 2. The van der Waals surface area contributed by atoms with Crippen molar-refractivity contribution in [1.29, 1.82) is 0 Å². The van der Waals surface area contributed by atoms with Crippen molar-refractivity contribution in [1.82, 2.24) is 15.5 Å². The van der Waals surface area contributed by atoms with Gasteiger partial charge in [0.15, 0.2) is 5.82 Å². The summed E-state index contributed by atoms with van der Waals surface area (Å²) in [5, 5.41) is 8.97. The normalized spacial score (nSPS) is 10.3. The minimum atomic E-state index is -0.465. The van der Waals surface area contributed by atoms with Gasteiger partial charge in [-0.05, 0) is 25.5 Å². The Balaban J connectivity index is 1.98. The monoisotopic (exact) mass is 318 g/mol. The van der Waals surface area contributed by atoms with Gasteiger partial charge < -0.3 is 19.9 Å². The van der Waals surface area contributed by atoms with Crippen LogP contribution in [0.4, 0.5) is 5.82 Å². The van der Waals surface area contributed by atoms with E-state index < -0.39 is 5.91 Å². The zero-order chi connectivity index (χ0) is 16.7. The maximum Gasteiger partial charge on any atom is 0.275 e. The first kappa shape index (κ1) is 16.6. The molecule has 0 unspecified atom stereocenters. The van der Waals surface area contributed by atoms with E-state index in [1.165, 1.54) is 12.3 Å². The van der Waals surface area contributed by atoms with Gasteiger partial charge in [-0.1, -0.05) is 5.16 Å². The lowest BCUT2D eigenvalue weighted by Gasteiger charge is -2.06. The lowest BCUT2D eigenvalue weighted by molar-refractivity contribution is 0.0948. The van der Waals surface area contributed by atoms with Crippen molar-refractivity contribution in [2.24, 2.45) is 0 Å². The largest absolute Gasteiger partial charge is 0.385 e. The molecule has 0 aromatic carbocycles. The molecule has 122 valence electrons. The molecule has 2 N–H and O–H groups in total. The second kappa shape index (κ2) is 8.04. The van der Waals surface area contributed by atoms with E-state index in [1.807, 2.05) is 0 Å². The number of aromatic nitrogens is 2.